The fraction of sp³-hybridized carbons (Fsp3) is 0.357. The van der Waals surface area contributed by atoms with Gasteiger partial charge in [-0.1, -0.05) is 6.07 Å². The Bertz CT molecular complexity index is 498. The van der Waals surface area contributed by atoms with E-state index < -0.39 is 18.3 Å². The first-order valence-electron chi connectivity index (χ1n) is 6.74. The average molecular weight is 309 g/mol. The van der Waals surface area contributed by atoms with Crippen molar-refractivity contribution in [3.05, 3.63) is 36.2 Å². The van der Waals surface area contributed by atoms with E-state index in [1.807, 2.05) is 0 Å². The molecule has 0 amide bonds. The zero-order valence-electron chi connectivity index (χ0n) is 12.4. The second-order valence-electron chi connectivity index (χ2n) is 3.93. The molecule has 0 bridgehead atoms. The van der Waals surface area contributed by atoms with Crippen LogP contribution in [-0.2, 0) is 19.1 Å². The number of rotatable bonds is 8. The molecule has 1 aromatic heterocycles. The van der Waals surface area contributed by atoms with E-state index in [4.69, 9.17) is 9.47 Å². The number of aromatic nitrogens is 1. The van der Waals surface area contributed by atoms with E-state index in [0.717, 1.165) is 6.20 Å². The number of hydrogen-bond acceptors (Lipinski definition) is 8. The second-order valence-corrected chi connectivity index (χ2v) is 3.93. The second kappa shape index (κ2) is 9.35. The maximum Gasteiger partial charge on any atom is 0.347 e. The summed E-state index contributed by atoms with van der Waals surface area (Å²) in [4.78, 5) is 27.3. The predicted octanol–water partition coefficient (Wildman–Crippen LogP) is 0.369. The van der Waals surface area contributed by atoms with Gasteiger partial charge in [0, 0.05) is 12.4 Å². The first-order valence-corrected chi connectivity index (χ1v) is 6.74. The van der Waals surface area contributed by atoms with Gasteiger partial charge in [0.25, 0.3) is 0 Å². The summed E-state index contributed by atoms with van der Waals surface area (Å²) in [7, 11) is 0. The summed E-state index contributed by atoms with van der Waals surface area (Å²) in [5.74, 6) is -1.25. The third-order valence-corrected chi connectivity index (χ3v) is 2.33. The fourth-order valence-corrected chi connectivity index (χ4v) is 1.41. The van der Waals surface area contributed by atoms with Gasteiger partial charge in [-0.15, -0.1) is 0 Å². The maximum atomic E-state index is 11.7. The first-order chi connectivity index (χ1) is 10.6. The highest BCUT2D eigenvalue weighted by Gasteiger charge is 2.21. The van der Waals surface area contributed by atoms with Crippen molar-refractivity contribution in [2.24, 2.45) is 0 Å². The van der Waals surface area contributed by atoms with Crippen LogP contribution in [0, 0.1) is 0 Å². The van der Waals surface area contributed by atoms with E-state index >= 15 is 0 Å². The van der Waals surface area contributed by atoms with Crippen LogP contribution >= 0.6 is 0 Å². The van der Waals surface area contributed by atoms with Gasteiger partial charge in [-0.05, 0) is 26.0 Å². The number of carbonyl (C=O) groups is 2. The summed E-state index contributed by atoms with van der Waals surface area (Å²) < 4.78 is 9.52. The first kappa shape index (κ1) is 17.4. The number of esters is 2. The predicted molar refractivity (Wildman–Crippen MR) is 78.4 cm³/mol. The largest absolute Gasteiger partial charge is 0.462 e. The highest BCUT2D eigenvalue weighted by Crippen LogP contribution is 2.03. The third-order valence-electron chi connectivity index (χ3n) is 2.33. The van der Waals surface area contributed by atoms with Crippen molar-refractivity contribution in [3.8, 4) is 0 Å². The minimum atomic E-state index is -1.26. The van der Waals surface area contributed by atoms with E-state index in [1.165, 1.54) is 0 Å². The van der Waals surface area contributed by atoms with Gasteiger partial charge in [0.15, 0.2) is 5.57 Å². The van der Waals surface area contributed by atoms with Crippen molar-refractivity contribution in [1.29, 1.82) is 0 Å². The lowest BCUT2D eigenvalue weighted by Crippen LogP contribution is -2.34. The van der Waals surface area contributed by atoms with Gasteiger partial charge in [-0.25, -0.2) is 14.6 Å². The lowest BCUT2D eigenvalue weighted by atomic mass is 10.3. The molecule has 120 valence electrons. The van der Waals surface area contributed by atoms with Crippen molar-refractivity contribution in [3.63, 3.8) is 0 Å². The van der Waals surface area contributed by atoms with Crippen LogP contribution in [0.15, 0.2) is 36.2 Å². The molecule has 0 aliphatic carbocycles. The molecule has 1 atom stereocenters. The molecule has 1 unspecified atom stereocenters. The third kappa shape index (κ3) is 5.80. The Labute approximate surface area is 128 Å². The Kier molecular flexibility index (Phi) is 7.41. The minimum Gasteiger partial charge on any atom is -0.462 e. The molecule has 0 aliphatic heterocycles. The number of carbonyl (C=O) groups excluding carboxylic acids is 2. The van der Waals surface area contributed by atoms with Crippen molar-refractivity contribution in [2.75, 3.05) is 18.5 Å². The maximum absolute atomic E-state index is 11.7. The van der Waals surface area contributed by atoms with E-state index in [2.05, 4.69) is 15.6 Å². The van der Waals surface area contributed by atoms with Crippen molar-refractivity contribution >= 4 is 17.8 Å². The Balaban J connectivity index is 2.70. The highest BCUT2D eigenvalue weighted by atomic mass is 16.6. The zero-order chi connectivity index (χ0) is 16.4. The average Bonchev–Trinajstić information content (AvgIpc) is 2.49. The Morgan fingerprint density at radius 2 is 1.91 bits per heavy atom. The number of anilines is 1. The number of ether oxygens (including phenoxy) is 2. The van der Waals surface area contributed by atoms with Crippen molar-refractivity contribution in [1.82, 2.24) is 10.3 Å². The smallest absolute Gasteiger partial charge is 0.347 e. The summed E-state index contributed by atoms with van der Waals surface area (Å²) >= 11 is 0. The number of aliphatic hydroxyl groups is 1. The van der Waals surface area contributed by atoms with Gasteiger partial charge in [0.2, 0.25) is 6.35 Å². The Morgan fingerprint density at radius 3 is 2.41 bits per heavy atom. The molecular weight excluding hydrogens is 290 g/mol. The quantitative estimate of drug-likeness (QED) is 0.208. The number of pyridine rings is 1. The molecule has 1 heterocycles. The van der Waals surface area contributed by atoms with Gasteiger partial charge in [0.05, 0.1) is 13.2 Å². The van der Waals surface area contributed by atoms with Crippen molar-refractivity contribution in [2.45, 2.75) is 20.2 Å². The summed E-state index contributed by atoms with van der Waals surface area (Å²) in [6, 6.07) is 5.11. The van der Waals surface area contributed by atoms with Gasteiger partial charge in [-0.3, -0.25) is 0 Å². The van der Waals surface area contributed by atoms with Gasteiger partial charge in [-0.2, -0.15) is 0 Å². The molecule has 0 fully saturated rings. The monoisotopic (exact) mass is 309 g/mol. The molecule has 8 heteroatoms. The summed E-state index contributed by atoms with van der Waals surface area (Å²) in [6.45, 7) is 3.46. The van der Waals surface area contributed by atoms with Crippen LogP contribution in [0.1, 0.15) is 13.8 Å². The molecule has 0 aromatic carbocycles. The molecule has 22 heavy (non-hydrogen) atoms. The fourth-order valence-electron chi connectivity index (χ4n) is 1.41. The summed E-state index contributed by atoms with van der Waals surface area (Å²) in [5, 5.41) is 14.8. The van der Waals surface area contributed by atoms with Crippen LogP contribution in [0.3, 0.4) is 0 Å². The van der Waals surface area contributed by atoms with Gasteiger partial charge >= 0.3 is 11.9 Å². The molecule has 0 saturated heterocycles. The molecule has 1 rings (SSSR count). The number of aliphatic hydroxyl groups excluding tert-OH is 1. The summed E-state index contributed by atoms with van der Waals surface area (Å²) in [6.07, 6.45) is 1.33. The minimum absolute atomic E-state index is 0.115. The van der Waals surface area contributed by atoms with E-state index in [1.54, 1.807) is 38.2 Å². The molecule has 0 radical (unpaired) electrons. The van der Waals surface area contributed by atoms with Crippen LogP contribution < -0.4 is 10.6 Å². The Morgan fingerprint density at radius 1 is 1.27 bits per heavy atom. The SMILES string of the molecule is CCOC(=O)C(=CNC(O)Nc1ccccn1)C(=O)OCC. The van der Waals surface area contributed by atoms with Gasteiger partial charge < -0.3 is 25.2 Å². The molecule has 0 aliphatic rings. The Hall–Kier alpha value is -2.61. The normalized spacial score (nSPS) is 11.0. The van der Waals surface area contributed by atoms with Crippen LogP contribution in [0.25, 0.3) is 0 Å². The molecule has 1 aromatic rings. The van der Waals surface area contributed by atoms with Crippen LogP contribution in [-0.4, -0.2) is 41.6 Å². The van der Waals surface area contributed by atoms with E-state index in [-0.39, 0.29) is 18.8 Å². The number of nitrogens with one attached hydrogen (secondary N) is 2. The lowest BCUT2D eigenvalue weighted by molar-refractivity contribution is -0.146. The van der Waals surface area contributed by atoms with E-state index in [0.29, 0.717) is 5.82 Å². The standard InChI is InChI=1S/C14H19N3O5/c1-3-21-12(18)10(13(19)22-4-2)9-16-14(20)17-11-7-5-6-8-15-11/h5-9,14,16,20H,3-4H2,1-2H3,(H,15,17). The molecule has 0 saturated carbocycles. The van der Waals surface area contributed by atoms with Crippen molar-refractivity contribution < 1.29 is 24.2 Å². The molecule has 3 N–H and O–H groups in total. The van der Waals surface area contributed by atoms with Gasteiger partial charge in [0.1, 0.15) is 5.82 Å². The van der Waals surface area contributed by atoms with Crippen LogP contribution in [0.5, 0.6) is 0 Å². The molecular formula is C14H19N3O5. The number of hydrogen-bond donors (Lipinski definition) is 3. The lowest BCUT2D eigenvalue weighted by Gasteiger charge is -2.14. The van der Waals surface area contributed by atoms with Crippen LogP contribution in [0.4, 0.5) is 5.82 Å². The number of nitrogens with zero attached hydrogens (tertiary/aromatic N) is 1. The summed E-state index contributed by atoms with van der Waals surface area (Å²) in [5.41, 5.74) is -0.342. The van der Waals surface area contributed by atoms with Crippen LogP contribution in [0.2, 0.25) is 0 Å². The molecule has 0 spiro atoms. The van der Waals surface area contributed by atoms with E-state index in [9.17, 15) is 14.7 Å². The molecule has 8 nitrogen and oxygen atoms in total. The zero-order valence-corrected chi connectivity index (χ0v) is 12.4. The highest BCUT2D eigenvalue weighted by molar-refractivity contribution is 6.13. The topological polar surface area (TPSA) is 110 Å².